The summed E-state index contributed by atoms with van der Waals surface area (Å²) in [6, 6.07) is 9.17. The van der Waals surface area contributed by atoms with Gasteiger partial charge in [-0.25, -0.2) is 0 Å². The van der Waals surface area contributed by atoms with Gasteiger partial charge in [0.25, 0.3) is 0 Å². The highest BCUT2D eigenvalue weighted by molar-refractivity contribution is 5.26. The Morgan fingerprint density at radius 2 is 1.75 bits per heavy atom. The number of hydrogen-bond donors (Lipinski definition) is 2. The van der Waals surface area contributed by atoms with E-state index in [0.29, 0.717) is 11.8 Å². The van der Waals surface area contributed by atoms with Crippen LogP contribution in [0.5, 0.6) is 5.75 Å². The summed E-state index contributed by atoms with van der Waals surface area (Å²) >= 11 is 0. The lowest BCUT2D eigenvalue weighted by Gasteiger charge is -2.41. The molecule has 0 amide bonds. The van der Waals surface area contributed by atoms with Crippen molar-refractivity contribution in [3.05, 3.63) is 29.8 Å². The maximum absolute atomic E-state index is 9.41. The van der Waals surface area contributed by atoms with Crippen molar-refractivity contribution >= 4 is 0 Å². The smallest absolute Gasteiger partial charge is 0.115 e. The number of benzene rings is 1. The molecule has 3 fully saturated rings. The number of hydrogen-bond acceptors (Lipinski definition) is 3. The molecule has 1 heterocycles. The molecule has 2 unspecified atom stereocenters. The van der Waals surface area contributed by atoms with Gasteiger partial charge in [-0.1, -0.05) is 12.1 Å². The lowest BCUT2D eigenvalue weighted by Crippen LogP contribution is -2.57. The van der Waals surface area contributed by atoms with E-state index in [-0.39, 0.29) is 0 Å². The Kier molecular flexibility index (Phi) is 3.20. The molecule has 2 saturated carbocycles. The van der Waals surface area contributed by atoms with Gasteiger partial charge in [0.2, 0.25) is 0 Å². The number of aromatic hydroxyl groups is 1. The number of phenols is 1. The normalized spacial score (nSPS) is 31.4. The molecule has 0 radical (unpaired) electrons. The van der Waals surface area contributed by atoms with Crippen LogP contribution in [0, 0.1) is 11.8 Å². The molecule has 20 heavy (non-hydrogen) atoms. The van der Waals surface area contributed by atoms with Gasteiger partial charge in [0.1, 0.15) is 5.75 Å². The fraction of sp³-hybridized carbons (Fsp3) is 0.647. The highest BCUT2D eigenvalue weighted by Crippen LogP contribution is 2.40. The number of rotatable bonds is 4. The second kappa shape index (κ2) is 5.05. The first-order valence-electron chi connectivity index (χ1n) is 8.05. The summed E-state index contributed by atoms with van der Waals surface area (Å²) in [6.07, 6.45) is 5.65. The van der Waals surface area contributed by atoms with Crippen LogP contribution in [0.25, 0.3) is 0 Å². The first-order chi connectivity index (χ1) is 9.79. The van der Waals surface area contributed by atoms with Crippen molar-refractivity contribution in [2.75, 3.05) is 13.1 Å². The average Bonchev–Trinajstić information content (AvgIpc) is 3.33. The molecule has 1 aromatic rings. The van der Waals surface area contributed by atoms with Gasteiger partial charge in [-0.2, -0.15) is 0 Å². The summed E-state index contributed by atoms with van der Waals surface area (Å²) in [5.41, 5.74) is 1.32. The summed E-state index contributed by atoms with van der Waals surface area (Å²) in [4.78, 5) is 2.70. The van der Waals surface area contributed by atoms with Crippen molar-refractivity contribution < 1.29 is 5.11 Å². The summed E-state index contributed by atoms with van der Waals surface area (Å²) in [5.74, 6) is 2.21. The Morgan fingerprint density at radius 1 is 1.05 bits per heavy atom. The quantitative estimate of drug-likeness (QED) is 0.883. The van der Waals surface area contributed by atoms with E-state index >= 15 is 0 Å². The Labute approximate surface area is 121 Å². The van der Waals surface area contributed by atoms with Crippen molar-refractivity contribution in [3.8, 4) is 5.75 Å². The molecule has 1 saturated heterocycles. The fourth-order valence-corrected chi connectivity index (χ4v) is 3.63. The standard InChI is InChI=1S/C17H24N2O/c20-15-7-1-12(2-8-15)10-19-11-16(13-3-4-13)18-9-17(19)14-5-6-14/h1-2,7-8,13-14,16-18,20H,3-6,9-11H2. The van der Waals surface area contributed by atoms with Gasteiger partial charge in [-0.15, -0.1) is 0 Å². The SMILES string of the molecule is Oc1ccc(CN2CC(C3CC3)NCC2C2CC2)cc1. The second-order valence-electron chi connectivity index (χ2n) is 6.85. The monoisotopic (exact) mass is 272 g/mol. The molecule has 4 rings (SSSR count). The van der Waals surface area contributed by atoms with Crippen molar-refractivity contribution in [1.82, 2.24) is 10.2 Å². The van der Waals surface area contributed by atoms with E-state index in [0.717, 1.165) is 24.4 Å². The zero-order valence-corrected chi connectivity index (χ0v) is 12.0. The molecule has 1 aromatic carbocycles. The summed E-state index contributed by atoms with van der Waals surface area (Å²) in [7, 11) is 0. The van der Waals surface area contributed by atoms with Gasteiger partial charge in [0, 0.05) is 31.7 Å². The zero-order valence-electron chi connectivity index (χ0n) is 12.0. The topological polar surface area (TPSA) is 35.5 Å². The largest absolute Gasteiger partial charge is 0.508 e. The van der Waals surface area contributed by atoms with E-state index in [1.807, 2.05) is 12.1 Å². The van der Waals surface area contributed by atoms with Crippen LogP contribution >= 0.6 is 0 Å². The minimum Gasteiger partial charge on any atom is -0.508 e. The Balaban J connectivity index is 1.47. The van der Waals surface area contributed by atoms with E-state index in [1.165, 1.54) is 44.3 Å². The van der Waals surface area contributed by atoms with E-state index in [4.69, 9.17) is 0 Å². The third-order valence-corrected chi connectivity index (χ3v) is 5.17. The van der Waals surface area contributed by atoms with Crippen LogP contribution in [-0.4, -0.2) is 35.2 Å². The summed E-state index contributed by atoms with van der Waals surface area (Å²) in [5, 5.41) is 13.2. The van der Waals surface area contributed by atoms with E-state index in [9.17, 15) is 5.11 Å². The van der Waals surface area contributed by atoms with Gasteiger partial charge < -0.3 is 10.4 Å². The maximum Gasteiger partial charge on any atom is 0.115 e. The highest BCUT2D eigenvalue weighted by atomic mass is 16.3. The number of nitrogens with one attached hydrogen (secondary N) is 1. The van der Waals surface area contributed by atoms with Crippen LogP contribution in [0.1, 0.15) is 31.2 Å². The van der Waals surface area contributed by atoms with Crippen LogP contribution in [-0.2, 0) is 6.54 Å². The molecule has 2 atom stereocenters. The Morgan fingerprint density at radius 3 is 2.40 bits per heavy atom. The molecule has 2 N–H and O–H groups in total. The van der Waals surface area contributed by atoms with E-state index < -0.39 is 0 Å². The first kappa shape index (κ1) is 12.7. The van der Waals surface area contributed by atoms with Crippen LogP contribution in [0.3, 0.4) is 0 Å². The Hall–Kier alpha value is -1.06. The van der Waals surface area contributed by atoms with Crippen LogP contribution in [0.15, 0.2) is 24.3 Å². The Bertz CT molecular complexity index is 464. The average molecular weight is 272 g/mol. The number of nitrogens with zero attached hydrogens (tertiary/aromatic N) is 1. The summed E-state index contributed by atoms with van der Waals surface area (Å²) < 4.78 is 0. The molecule has 3 heteroatoms. The first-order valence-corrected chi connectivity index (χ1v) is 8.05. The lowest BCUT2D eigenvalue weighted by molar-refractivity contribution is 0.100. The minimum atomic E-state index is 0.365. The van der Waals surface area contributed by atoms with Crippen molar-refractivity contribution in [2.45, 2.75) is 44.3 Å². The molecule has 0 spiro atoms. The molecule has 1 aliphatic heterocycles. The molecule has 0 bridgehead atoms. The maximum atomic E-state index is 9.41. The predicted octanol–water partition coefficient (Wildman–Crippen LogP) is 2.35. The molecular formula is C17H24N2O. The fourth-order valence-electron chi connectivity index (χ4n) is 3.63. The highest BCUT2D eigenvalue weighted by Gasteiger charge is 2.42. The molecule has 108 valence electrons. The van der Waals surface area contributed by atoms with Gasteiger partial charge in [-0.3, -0.25) is 4.90 Å². The molecule has 2 aliphatic carbocycles. The third kappa shape index (κ3) is 2.70. The molecule has 3 nitrogen and oxygen atoms in total. The number of phenolic OH excluding ortho intramolecular Hbond substituents is 1. The van der Waals surface area contributed by atoms with Crippen molar-refractivity contribution in [2.24, 2.45) is 11.8 Å². The minimum absolute atomic E-state index is 0.365. The van der Waals surface area contributed by atoms with Crippen LogP contribution in [0.2, 0.25) is 0 Å². The van der Waals surface area contributed by atoms with Crippen molar-refractivity contribution in [1.29, 1.82) is 0 Å². The summed E-state index contributed by atoms with van der Waals surface area (Å²) in [6.45, 7) is 3.41. The zero-order chi connectivity index (χ0) is 13.5. The van der Waals surface area contributed by atoms with Crippen LogP contribution < -0.4 is 5.32 Å². The van der Waals surface area contributed by atoms with Gasteiger partial charge >= 0.3 is 0 Å². The van der Waals surface area contributed by atoms with E-state index in [2.05, 4.69) is 22.3 Å². The molecule has 0 aromatic heterocycles. The lowest BCUT2D eigenvalue weighted by atomic mass is 10.0. The van der Waals surface area contributed by atoms with Crippen molar-refractivity contribution in [3.63, 3.8) is 0 Å². The molecule has 3 aliphatic rings. The third-order valence-electron chi connectivity index (χ3n) is 5.17. The predicted molar refractivity (Wildman–Crippen MR) is 79.5 cm³/mol. The van der Waals surface area contributed by atoms with Gasteiger partial charge in [0.05, 0.1) is 0 Å². The van der Waals surface area contributed by atoms with Crippen LogP contribution in [0.4, 0.5) is 0 Å². The van der Waals surface area contributed by atoms with E-state index in [1.54, 1.807) is 0 Å². The van der Waals surface area contributed by atoms with Gasteiger partial charge in [-0.05, 0) is 55.2 Å². The van der Waals surface area contributed by atoms with Gasteiger partial charge in [0.15, 0.2) is 0 Å². The second-order valence-corrected chi connectivity index (χ2v) is 6.85. The number of piperazine rings is 1. The molecular weight excluding hydrogens is 248 g/mol.